The maximum Gasteiger partial charge on any atom is 0.494 e. The van der Waals surface area contributed by atoms with Gasteiger partial charge in [0.25, 0.3) is 0 Å². The Labute approximate surface area is 159 Å². The molecular formula is C19H25BN2O5. The van der Waals surface area contributed by atoms with Gasteiger partial charge in [-0.2, -0.15) is 5.10 Å². The molecule has 8 heteroatoms. The summed E-state index contributed by atoms with van der Waals surface area (Å²) in [5, 5.41) is 4.26. The molecule has 27 heavy (non-hydrogen) atoms. The van der Waals surface area contributed by atoms with Gasteiger partial charge in [0.15, 0.2) is 6.29 Å². The SMILES string of the molecule is COC(C)OC(=O)c1cnn(-c2cccc(B3OC(C)(C)C(C)(C)O3)c2)c1. The second-order valence-corrected chi connectivity index (χ2v) is 7.57. The van der Waals surface area contributed by atoms with E-state index in [4.69, 9.17) is 18.8 Å². The Balaban J connectivity index is 1.80. The predicted molar refractivity (Wildman–Crippen MR) is 101 cm³/mol. The van der Waals surface area contributed by atoms with Crippen LogP contribution in [0.1, 0.15) is 45.0 Å². The summed E-state index contributed by atoms with van der Waals surface area (Å²) in [4.78, 5) is 12.1. The average molecular weight is 372 g/mol. The molecule has 0 bridgehead atoms. The number of nitrogens with zero attached hydrogens (tertiary/aromatic N) is 2. The molecule has 2 aromatic rings. The Morgan fingerprint density at radius 1 is 1.22 bits per heavy atom. The van der Waals surface area contributed by atoms with Crippen molar-refractivity contribution in [2.75, 3.05) is 7.11 Å². The van der Waals surface area contributed by atoms with Crippen molar-refractivity contribution in [3.63, 3.8) is 0 Å². The molecule has 1 saturated heterocycles. The largest absolute Gasteiger partial charge is 0.494 e. The highest BCUT2D eigenvalue weighted by atomic mass is 16.7. The number of ether oxygens (including phenoxy) is 2. The van der Waals surface area contributed by atoms with E-state index in [1.54, 1.807) is 17.8 Å². The van der Waals surface area contributed by atoms with Crippen LogP contribution in [0, 0.1) is 0 Å². The van der Waals surface area contributed by atoms with Crippen molar-refractivity contribution < 1.29 is 23.6 Å². The van der Waals surface area contributed by atoms with Crippen LogP contribution in [0.5, 0.6) is 0 Å². The minimum Gasteiger partial charge on any atom is -0.432 e. The van der Waals surface area contributed by atoms with Crippen LogP contribution >= 0.6 is 0 Å². The monoisotopic (exact) mass is 372 g/mol. The second kappa shape index (κ2) is 7.11. The first-order chi connectivity index (χ1) is 12.6. The number of aromatic nitrogens is 2. The molecule has 1 fully saturated rings. The van der Waals surface area contributed by atoms with E-state index in [2.05, 4.69) is 5.10 Å². The van der Waals surface area contributed by atoms with E-state index in [0.717, 1.165) is 11.2 Å². The molecule has 1 atom stereocenters. The smallest absolute Gasteiger partial charge is 0.432 e. The topological polar surface area (TPSA) is 71.8 Å². The Bertz CT molecular complexity index is 817. The van der Waals surface area contributed by atoms with Crippen molar-refractivity contribution in [3.8, 4) is 5.69 Å². The van der Waals surface area contributed by atoms with E-state index >= 15 is 0 Å². The number of esters is 1. The molecule has 0 spiro atoms. The summed E-state index contributed by atoms with van der Waals surface area (Å²) in [7, 11) is 1.01. The highest BCUT2D eigenvalue weighted by Gasteiger charge is 2.51. The predicted octanol–water partition coefficient (Wildman–Crippen LogP) is 2.32. The van der Waals surface area contributed by atoms with Crippen LogP contribution in [0.2, 0.25) is 0 Å². The number of hydrogen-bond acceptors (Lipinski definition) is 6. The van der Waals surface area contributed by atoms with Gasteiger partial charge in [0.05, 0.1) is 28.6 Å². The van der Waals surface area contributed by atoms with Crippen molar-refractivity contribution >= 4 is 18.6 Å². The standard InChI is InChI=1S/C19H25BN2O5/c1-13(24-6)25-17(23)14-11-21-22(12-14)16-9-7-8-15(10-16)20-26-18(2,3)19(4,5)27-20/h7-13H,1-6H3. The molecule has 2 heterocycles. The van der Waals surface area contributed by atoms with Crippen molar-refractivity contribution in [2.24, 2.45) is 0 Å². The van der Waals surface area contributed by atoms with Gasteiger partial charge in [-0.3, -0.25) is 0 Å². The molecule has 0 N–H and O–H groups in total. The summed E-state index contributed by atoms with van der Waals surface area (Å²) in [6.45, 7) is 9.72. The molecule has 1 aliphatic rings. The fourth-order valence-corrected chi connectivity index (χ4v) is 2.63. The lowest BCUT2D eigenvalue weighted by atomic mass is 9.79. The molecule has 0 saturated carbocycles. The van der Waals surface area contributed by atoms with Crippen LogP contribution in [0.25, 0.3) is 5.69 Å². The van der Waals surface area contributed by atoms with Gasteiger partial charge < -0.3 is 18.8 Å². The van der Waals surface area contributed by atoms with E-state index in [0.29, 0.717) is 5.56 Å². The van der Waals surface area contributed by atoms with Crippen LogP contribution < -0.4 is 5.46 Å². The Hall–Kier alpha value is -2.16. The van der Waals surface area contributed by atoms with E-state index < -0.39 is 30.6 Å². The van der Waals surface area contributed by atoms with Crippen LogP contribution in [-0.2, 0) is 18.8 Å². The lowest BCUT2D eigenvalue weighted by molar-refractivity contribution is -0.0773. The van der Waals surface area contributed by atoms with Crippen molar-refractivity contribution in [2.45, 2.75) is 52.1 Å². The molecule has 3 rings (SSSR count). The third kappa shape index (κ3) is 3.92. The van der Waals surface area contributed by atoms with Gasteiger partial charge >= 0.3 is 13.1 Å². The summed E-state index contributed by atoms with van der Waals surface area (Å²) in [5.74, 6) is -0.488. The zero-order valence-electron chi connectivity index (χ0n) is 16.6. The van der Waals surface area contributed by atoms with E-state index in [-0.39, 0.29) is 0 Å². The average Bonchev–Trinajstić information content (AvgIpc) is 3.18. The van der Waals surface area contributed by atoms with Crippen LogP contribution in [0.4, 0.5) is 0 Å². The summed E-state index contributed by atoms with van der Waals surface area (Å²) in [5.41, 5.74) is 1.21. The Morgan fingerprint density at radius 3 is 2.52 bits per heavy atom. The molecule has 1 unspecified atom stereocenters. The first-order valence-electron chi connectivity index (χ1n) is 8.87. The molecule has 1 aromatic heterocycles. The number of carbonyl (C=O) groups is 1. The number of rotatable bonds is 5. The van der Waals surface area contributed by atoms with Gasteiger partial charge in [0.1, 0.15) is 0 Å². The van der Waals surface area contributed by atoms with E-state index in [9.17, 15) is 4.79 Å². The van der Waals surface area contributed by atoms with Gasteiger partial charge in [-0.05, 0) is 52.2 Å². The van der Waals surface area contributed by atoms with Crippen molar-refractivity contribution in [1.82, 2.24) is 9.78 Å². The molecule has 1 aliphatic heterocycles. The molecule has 7 nitrogen and oxygen atoms in total. The first kappa shape index (κ1) is 19.6. The number of benzene rings is 1. The third-order valence-electron chi connectivity index (χ3n) is 5.08. The molecule has 0 radical (unpaired) electrons. The molecule has 0 amide bonds. The van der Waals surface area contributed by atoms with Crippen molar-refractivity contribution in [3.05, 3.63) is 42.2 Å². The first-order valence-corrected chi connectivity index (χ1v) is 8.87. The van der Waals surface area contributed by atoms with Gasteiger partial charge in [-0.25, -0.2) is 9.48 Å². The van der Waals surface area contributed by atoms with Gasteiger partial charge in [-0.1, -0.05) is 12.1 Å². The highest BCUT2D eigenvalue weighted by molar-refractivity contribution is 6.62. The maximum absolute atomic E-state index is 12.1. The zero-order valence-corrected chi connectivity index (χ0v) is 16.6. The Morgan fingerprint density at radius 2 is 1.89 bits per heavy atom. The van der Waals surface area contributed by atoms with Gasteiger partial charge in [0, 0.05) is 13.3 Å². The lowest BCUT2D eigenvalue weighted by Crippen LogP contribution is -2.41. The minimum absolute atomic E-state index is 0.347. The number of hydrogen-bond donors (Lipinski definition) is 0. The fourth-order valence-electron chi connectivity index (χ4n) is 2.63. The maximum atomic E-state index is 12.1. The van der Waals surface area contributed by atoms with E-state index in [1.165, 1.54) is 13.3 Å². The molecule has 144 valence electrons. The van der Waals surface area contributed by atoms with E-state index in [1.807, 2.05) is 52.0 Å². The second-order valence-electron chi connectivity index (χ2n) is 7.57. The minimum atomic E-state index is -0.618. The van der Waals surface area contributed by atoms with Gasteiger partial charge in [0.2, 0.25) is 0 Å². The highest BCUT2D eigenvalue weighted by Crippen LogP contribution is 2.36. The van der Waals surface area contributed by atoms with Crippen molar-refractivity contribution in [1.29, 1.82) is 0 Å². The van der Waals surface area contributed by atoms with Crippen LogP contribution in [-0.4, -0.2) is 47.5 Å². The summed E-state index contributed by atoms with van der Waals surface area (Å²) in [6, 6.07) is 7.68. The quantitative estimate of drug-likeness (QED) is 0.456. The summed E-state index contributed by atoms with van der Waals surface area (Å²) in [6.07, 6.45) is 2.47. The molecular weight excluding hydrogens is 347 g/mol. The number of carbonyl (C=O) groups excluding carboxylic acids is 1. The zero-order chi connectivity index (χ0) is 19.8. The van der Waals surface area contributed by atoms with Gasteiger partial charge in [-0.15, -0.1) is 0 Å². The fraction of sp³-hybridized carbons (Fsp3) is 0.474. The molecule has 1 aromatic carbocycles. The summed E-state index contributed by atoms with van der Waals surface area (Å²) < 4.78 is 23.9. The normalized spacial score (nSPS) is 19.1. The van der Waals surface area contributed by atoms with Crippen LogP contribution in [0.15, 0.2) is 36.7 Å². The third-order valence-corrected chi connectivity index (χ3v) is 5.08. The lowest BCUT2D eigenvalue weighted by Gasteiger charge is -2.32. The Kier molecular flexibility index (Phi) is 5.16. The van der Waals surface area contributed by atoms with Crippen LogP contribution in [0.3, 0.4) is 0 Å². The molecule has 0 aliphatic carbocycles. The summed E-state index contributed by atoms with van der Waals surface area (Å²) >= 11 is 0. The number of methoxy groups -OCH3 is 1.